The highest BCUT2D eigenvalue weighted by atomic mass is 16.3. The normalized spacial score (nSPS) is 10.6. The van der Waals surface area contributed by atoms with Crippen molar-refractivity contribution < 1.29 is 5.11 Å². The number of rotatable bonds is 5. The Hall–Kier alpha value is -1.35. The summed E-state index contributed by atoms with van der Waals surface area (Å²) >= 11 is 0. The highest BCUT2D eigenvalue weighted by molar-refractivity contribution is 5.54. The lowest BCUT2D eigenvalue weighted by molar-refractivity contribution is 0.281. The quantitative estimate of drug-likeness (QED) is 0.773. The van der Waals surface area contributed by atoms with E-state index in [1.807, 2.05) is 19.1 Å². The van der Waals surface area contributed by atoms with Gasteiger partial charge in [0.15, 0.2) is 0 Å². The Kier molecular flexibility index (Phi) is 4.50. The van der Waals surface area contributed by atoms with Crippen LogP contribution in [0.5, 0.6) is 0 Å². The molecule has 0 saturated heterocycles. The molecule has 0 unspecified atom stereocenters. The van der Waals surface area contributed by atoms with Crippen LogP contribution in [0.2, 0.25) is 0 Å². The van der Waals surface area contributed by atoms with Gasteiger partial charge in [-0.2, -0.15) is 0 Å². The Balaban J connectivity index is 3.15. The summed E-state index contributed by atoms with van der Waals surface area (Å²) in [5.74, 6) is 0. The molecule has 3 heteroatoms. The summed E-state index contributed by atoms with van der Waals surface area (Å²) in [5, 5.41) is 9.32. The van der Waals surface area contributed by atoms with Crippen LogP contribution in [0, 0.1) is 6.92 Å². The minimum Gasteiger partial charge on any atom is -0.392 e. The summed E-state index contributed by atoms with van der Waals surface area (Å²) < 4.78 is 0. The van der Waals surface area contributed by atoms with Crippen LogP contribution in [-0.2, 0) is 6.61 Å². The minimum atomic E-state index is 0.0168. The van der Waals surface area contributed by atoms with Gasteiger partial charge in [0, 0.05) is 35.7 Å². The number of hydrogen-bond acceptors (Lipinski definition) is 3. The maximum Gasteiger partial charge on any atom is 0.0717 e. The molecule has 0 atom stereocenters. The van der Waals surface area contributed by atoms with Crippen LogP contribution in [0.1, 0.15) is 25.1 Å². The second-order valence-corrected chi connectivity index (χ2v) is 4.15. The number of aliphatic hydroxyl groups excluding tert-OH is 1. The third-order valence-electron chi connectivity index (χ3n) is 2.53. The number of hydrogen-bond donors (Lipinski definition) is 1. The van der Waals surface area contributed by atoms with Crippen LogP contribution >= 0.6 is 0 Å². The van der Waals surface area contributed by atoms with Crippen molar-refractivity contribution in [1.29, 1.82) is 0 Å². The fraction of sp³-hybridized carbons (Fsp3) is 0.462. The average molecular weight is 220 g/mol. The van der Waals surface area contributed by atoms with E-state index >= 15 is 0 Å². The van der Waals surface area contributed by atoms with Gasteiger partial charge in [0.1, 0.15) is 0 Å². The van der Waals surface area contributed by atoms with E-state index in [0.717, 1.165) is 23.5 Å². The van der Waals surface area contributed by atoms with Crippen molar-refractivity contribution in [3.8, 4) is 0 Å². The largest absolute Gasteiger partial charge is 0.392 e. The molecule has 0 radical (unpaired) electrons. The van der Waals surface area contributed by atoms with Crippen LogP contribution in [0.3, 0.4) is 0 Å². The molecule has 0 spiro atoms. The first-order chi connectivity index (χ1) is 7.60. The van der Waals surface area contributed by atoms with Gasteiger partial charge in [-0.15, -0.1) is 6.58 Å². The molecular formula is C13H20N2O. The zero-order chi connectivity index (χ0) is 12.1. The van der Waals surface area contributed by atoms with Gasteiger partial charge in [0.05, 0.1) is 6.61 Å². The fourth-order valence-corrected chi connectivity index (χ4v) is 1.69. The van der Waals surface area contributed by atoms with E-state index in [2.05, 4.69) is 30.3 Å². The molecule has 1 rings (SSSR count). The SMILES string of the molecule is C=CCN(c1cc(C)ncc1CO)C(C)C. The summed E-state index contributed by atoms with van der Waals surface area (Å²) in [6.45, 7) is 10.8. The molecule has 0 aromatic carbocycles. The number of aryl methyl sites for hydroxylation is 1. The third kappa shape index (κ3) is 2.83. The molecule has 0 bridgehead atoms. The molecule has 0 aliphatic rings. The number of pyridine rings is 1. The molecule has 0 aliphatic heterocycles. The van der Waals surface area contributed by atoms with Gasteiger partial charge in [-0.25, -0.2) is 0 Å². The maximum absolute atomic E-state index is 9.32. The van der Waals surface area contributed by atoms with E-state index in [0.29, 0.717) is 6.04 Å². The fourth-order valence-electron chi connectivity index (χ4n) is 1.69. The Morgan fingerprint density at radius 1 is 1.56 bits per heavy atom. The topological polar surface area (TPSA) is 36.4 Å². The van der Waals surface area contributed by atoms with Crippen molar-refractivity contribution in [3.05, 3.63) is 36.2 Å². The molecular weight excluding hydrogens is 200 g/mol. The highest BCUT2D eigenvalue weighted by Gasteiger charge is 2.13. The first-order valence-electron chi connectivity index (χ1n) is 5.54. The smallest absolute Gasteiger partial charge is 0.0717 e. The number of aromatic nitrogens is 1. The van der Waals surface area contributed by atoms with Gasteiger partial charge in [-0.3, -0.25) is 4.98 Å². The van der Waals surface area contributed by atoms with Gasteiger partial charge < -0.3 is 10.0 Å². The van der Waals surface area contributed by atoms with Gasteiger partial charge in [-0.1, -0.05) is 6.08 Å². The maximum atomic E-state index is 9.32. The molecule has 1 N–H and O–H groups in total. The van der Waals surface area contributed by atoms with Crippen LogP contribution < -0.4 is 4.90 Å². The van der Waals surface area contributed by atoms with E-state index in [9.17, 15) is 5.11 Å². The Labute approximate surface area is 97.4 Å². The lowest BCUT2D eigenvalue weighted by Gasteiger charge is -2.29. The van der Waals surface area contributed by atoms with Crippen LogP contribution in [-0.4, -0.2) is 22.7 Å². The molecule has 3 nitrogen and oxygen atoms in total. The molecule has 16 heavy (non-hydrogen) atoms. The molecule has 88 valence electrons. The monoisotopic (exact) mass is 220 g/mol. The van der Waals surface area contributed by atoms with Crippen LogP contribution in [0.25, 0.3) is 0 Å². The molecule has 0 aliphatic carbocycles. The van der Waals surface area contributed by atoms with Crippen molar-refractivity contribution in [3.63, 3.8) is 0 Å². The molecule has 0 saturated carbocycles. The van der Waals surface area contributed by atoms with Crippen LogP contribution in [0.4, 0.5) is 5.69 Å². The molecule has 0 amide bonds. The minimum absolute atomic E-state index is 0.0168. The van der Waals surface area contributed by atoms with Crippen LogP contribution in [0.15, 0.2) is 24.9 Å². The first kappa shape index (κ1) is 12.7. The number of aliphatic hydroxyl groups is 1. The van der Waals surface area contributed by atoms with E-state index in [-0.39, 0.29) is 6.61 Å². The van der Waals surface area contributed by atoms with Gasteiger partial charge in [0.25, 0.3) is 0 Å². The second-order valence-electron chi connectivity index (χ2n) is 4.15. The van der Waals surface area contributed by atoms with Crippen molar-refractivity contribution in [1.82, 2.24) is 4.98 Å². The number of nitrogens with zero attached hydrogens (tertiary/aromatic N) is 2. The van der Waals surface area contributed by atoms with Gasteiger partial charge in [-0.05, 0) is 26.8 Å². The van der Waals surface area contributed by atoms with Gasteiger partial charge >= 0.3 is 0 Å². The summed E-state index contributed by atoms with van der Waals surface area (Å²) in [5.41, 5.74) is 2.87. The molecule has 1 heterocycles. The average Bonchev–Trinajstić information content (AvgIpc) is 2.25. The lowest BCUT2D eigenvalue weighted by atomic mass is 10.1. The van der Waals surface area contributed by atoms with Gasteiger partial charge in [0.2, 0.25) is 0 Å². The summed E-state index contributed by atoms with van der Waals surface area (Å²) in [6.07, 6.45) is 3.61. The summed E-state index contributed by atoms with van der Waals surface area (Å²) in [7, 11) is 0. The zero-order valence-electron chi connectivity index (χ0n) is 10.3. The van der Waals surface area contributed by atoms with E-state index in [4.69, 9.17) is 0 Å². The van der Waals surface area contributed by atoms with E-state index in [1.165, 1.54) is 0 Å². The Bertz CT molecular complexity index is 361. The number of anilines is 1. The first-order valence-corrected chi connectivity index (χ1v) is 5.54. The Morgan fingerprint density at radius 3 is 2.75 bits per heavy atom. The van der Waals surface area contributed by atoms with Crippen molar-refractivity contribution in [2.45, 2.75) is 33.4 Å². The zero-order valence-corrected chi connectivity index (χ0v) is 10.3. The second kappa shape index (κ2) is 5.66. The van der Waals surface area contributed by atoms with E-state index in [1.54, 1.807) is 6.20 Å². The summed E-state index contributed by atoms with van der Waals surface area (Å²) in [6, 6.07) is 2.37. The summed E-state index contributed by atoms with van der Waals surface area (Å²) in [4.78, 5) is 6.40. The third-order valence-corrected chi connectivity index (χ3v) is 2.53. The highest BCUT2D eigenvalue weighted by Crippen LogP contribution is 2.23. The van der Waals surface area contributed by atoms with Crippen molar-refractivity contribution in [2.24, 2.45) is 0 Å². The lowest BCUT2D eigenvalue weighted by Crippen LogP contribution is -2.31. The molecule has 0 fully saturated rings. The predicted molar refractivity (Wildman–Crippen MR) is 67.6 cm³/mol. The van der Waals surface area contributed by atoms with E-state index < -0.39 is 0 Å². The molecule has 1 aromatic heterocycles. The van der Waals surface area contributed by atoms with Crippen molar-refractivity contribution in [2.75, 3.05) is 11.4 Å². The standard InChI is InChI=1S/C13H20N2O/c1-5-6-15(10(2)3)13-7-11(4)14-8-12(13)9-16/h5,7-8,10,16H,1,6,9H2,2-4H3. The van der Waals surface area contributed by atoms with Crippen molar-refractivity contribution >= 4 is 5.69 Å². The molecule has 1 aromatic rings. The Morgan fingerprint density at radius 2 is 2.25 bits per heavy atom. The predicted octanol–water partition coefficient (Wildman–Crippen LogP) is 2.28.